The molecule has 3 fully saturated rings. The predicted octanol–water partition coefficient (Wildman–Crippen LogP) is 2.34. The molecule has 1 aromatic heterocycles. The summed E-state index contributed by atoms with van der Waals surface area (Å²) in [6.45, 7) is 5.44. The average Bonchev–Trinajstić information content (AvgIpc) is 3.51. The molecule has 0 aliphatic carbocycles. The molecule has 3 aliphatic rings. The molecule has 0 spiro atoms. The zero-order chi connectivity index (χ0) is 27.1. The lowest BCUT2D eigenvalue weighted by molar-refractivity contribution is -0.137. The van der Waals surface area contributed by atoms with Gasteiger partial charge in [-0.2, -0.15) is 17.9 Å². The van der Waals surface area contributed by atoms with Gasteiger partial charge in [0.2, 0.25) is 10.0 Å². The molecule has 0 unspecified atom stereocenters. The number of amides is 1. The van der Waals surface area contributed by atoms with Crippen LogP contribution >= 0.6 is 0 Å². The Morgan fingerprint density at radius 2 is 1.84 bits per heavy atom. The lowest BCUT2D eigenvalue weighted by atomic mass is 10.0. The van der Waals surface area contributed by atoms with E-state index < -0.39 is 21.8 Å². The van der Waals surface area contributed by atoms with Crippen LogP contribution in [0.3, 0.4) is 0 Å². The van der Waals surface area contributed by atoms with Crippen molar-refractivity contribution in [1.29, 1.82) is 0 Å². The first-order valence-electron chi connectivity index (χ1n) is 12.7. The van der Waals surface area contributed by atoms with Crippen LogP contribution in [0.15, 0.2) is 30.5 Å². The maximum Gasteiger partial charge on any atom is 0.418 e. The number of rotatable bonds is 5. The van der Waals surface area contributed by atoms with Crippen molar-refractivity contribution in [3.8, 4) is 0 Å². The van der Waals surface area contributed by atoms with E-state index >= 15 is 0 Å². The summed E-state index contributed by atoms with van der Waals surface area (Å²) in [7, 11) is -3.50. The average molecular weight is 556 g/mol. The molecule has 1 amide bonds. The number of nitrogens with zero attached hydrogens (tertiary/aromatic N) is 6. The van der Waals surface area contributed by atoms with Gasteiger partial charge in [-0.05, 0) is 37.1 Å². The van der Waals surface area contributed by atoms with Crippen LogP contribution in [0.25, 0.3) is 0 Å². The Morgan fingerprint density at radius 3 is 2.55 bits per heavy atom. The van der Waals surface area contributed by atoms with Crippen molar-refractivity contribution < 1.29 is 26.4 Å². The predicted molar refractivity (Wildman–Crippen MR) is 137 cm³/mol. The Kier molecular flexibility index (Phi) is 7.31. The molecule has 1 atom stereocenters. The zero-order valence-corrected chi connectivity index (χ0v) is 22.0. The quantitative estimate of drug-likeness (QED) is 0.606. The number of fused-ring (bicyclic) bond motifs is 1. The number of hydrogen-bond acceptors (Lipinski definition) is 7. The van der Waals surface area contributed by atoms with Gasteiger partial charge in [-0.25, -0.2) is 13.2 Å². The molecule has 2 aromatic rings. The van der Waals surface area contributed by atoms with Crippen LogP contribution in [0.1, 0.15) is 24.0 Å². The van der Waals surface area contributed by atoms with Gasteiger partial charge in [-0.15, -0.1) is 5.10 Å². The van der Waals surface area contributed by atoms with Crippen LogP contribution in [-0.4, -0.2) is 104 Å². The molecule has 3 saturated heterocycles. The first kappa shape index (κ1) is 26.8. The molecule has 14 heteroatoms. The van der Waals surface area contributed by atoms with Crippen LogP contribution in [0.2, 0.25) is 0 Å². The van der Waals surface area contributed by atoms with Crippen LogP contribution in [0.5, 0.6) is 0 Å². The van der Waals surface area contributed by atoms with Crippen LogP contribution in [-0.2, 0) is 22.7 Å². The summed E-state index contributed by atoms with van der Waals surface area (Å²) in [5.41, 5.74) is 0.477. The van der Waals surface area contributed by atoms with Crippen molar-refractivity contribution in [2.24, 2.45) is 0 Å². The highest BCUT2D eigenvalue weighted by Crippen LogP contribution is 2.39. The maximum absolute atomic E-state index is 13.9. The topological polar surface area (TPSA) is 94.0 Å². The minimum absolute atomic E-state index is 0.0620. The van der Waals surface area contributed by atoms with E-state index in [0.29, 0.717) is 51.9 Å². The van der Waals surface area contributed by atoms with Crippen molar-refractivity contribution in [3.63, 3.8) is 0 Å². The summed E-state index contributed by atoms with van der Waals surface area (Å²) in [6.07, 6.45) is 0.0995. The lowest BCUT2D eigenvalue weighted by Crippen LogP contribution is -2.50. The number of carbonyl (C=O) groups excluding carboxylic acids is 1. The Bertz CT molecular complexity index is 1280. The fraction of sp³-hybridized carbons (Fsp3) is 0.583. The molecule has 38 heavy (non-hydrogen) atoms. The molecule has 0 saturated carbocycles. The van der Waals surface area contributed by atoms with Gasteiger partial charge >= 0.3 is 12.2 Å². The van der Waals surface area contributed by atoms with E-state index in [9.17, 15) is 26.4 Å². The Morgan fingerprint density at radius 1 is 1.08 bits per heavy atom. The van der Waals surface area contributed by atoms with Gasteiger partial charge in [0.15, 0.2) is 5.82 Å². The van der Waals surface area contributed by atoms with Crippen molar-refractivity contribution in [3.05, 3.63) is 41.6 Å². The molecular weight excluding hydrogens is 523 g/mol. The van der Waals surface area contributed by atoms with Gasteiger partial charge in [0, 0.05) is 76.4 Å². The molecule has 0 bridgehead atoms. The van der Waals surface area contributed by atoms with Crippen molar-refractivity contribution >= 4 is 27.6 Å². The lowest BCUT2D eigenvalue weighted by Gasteiger charge is -2.40. The minimum Gasteiger partial charge on any atom is -0.368 e. The van der Waals surface area contributed by atoms with Gasteiger partial charge in [0.25, 0.3) is 0 Å². The van der Waals surface area contributed by atoms with E-state index in [1.807, 2.05) is 4.90 Å². The molecule has 208 valence electrons. The number of carbonyl (C=O) groups is 1. The van der Waals surface area contributed by atoms with E-state index in [4.69, 9.17) is 0 Å². The van der Waals surface area contributed by atoms with E-state index in [1.165, 1.54) is 18.3 Å². The van der Waals surface area contributed by atoms with Crippen LogP contribution < -0.4 is 9.62 Å². The summed E-state index contributed by atoms with van der Waals surface area (Å²) < 4.78 is 67.7. The fourth-order valence-electron chi connectivity index (χ4n) is 5.56. The normalized spacial score (nSPS) is 21.5. The molecule has 0 radical (unpaired) electrons. The van der Waals surface area contributed by atoms with Gasteiger partial charge in [0.1, 0.15) is 0 Å². The maximum atomic E-state index is 13.9. The highest BCUT2D eigenvalue weighted by molar-refractivity contribution is 7.92. The number of nitrogens with one attached hydrogen (secondary N) is 1. The molecule has 5 rings (SSSR count). The summed E-state index contributed by atoms with van der Waals surface area (Å²) in [4.78, 5) is 20.8. The first-order chi connectivity index (χ1) is 18.0. The summed E-state index contributed by atoms with van der Waals surface area (Å²) >= 11 is 0. The van der Waals surface area contributed by atoms with E-state index in [-0.39, 0.29) is 17.5 Å². The highest BCUT2D eigenvalue weighted by atomic mass is 32.2. The third-order valence-corrected chi connectivity index (χ3v) is 8.00. The van der Waals surface area contributed by atoms with Gasteiger partial charge in [-0.3, -0.25) is 14.5 Å². The number of sulfonamides is 1. The van der Waals surface area contributed by atoms with E-state index in [2.05, 4.69) is 19.6 Å². The third kappa shape index (κ3) is 6.07. The van der Waals surface area contributed by atoms with Gasteiger partial charge < -0.3 is 9.80 Å². The smallest absolute Gasteiger partial charge is 0.368 e. The van der Waals surface area contributed by atoms with Gasteiger partial charge in [-0.1, -0.05) is 6.07 Å². The Labute approximate surface area is 220 Å². The molecule has 4 heterocycles. The summed E-state index contributed by atoms with van der Waals surface area (Å²) in [5.74, 6) is 0.0620. The van der Waals surface area contributed by atoms with Crippen LogP contribution in [0.4, 0.5) is 29.5 Å². The fourth-order valence-corrected chi connectivity index (χ4v) is 6.05. The van der Waals surface area contributed by atoms with E-state index in [0.717, 1.165) is 42.4 Å². The Hall–Kier alpha value is -2.84. The second-order valence-corrected chi connectivity index (χ2v) is 11.9. The second-order valence-electron chi connectivity index (χ2n) is 10.2. The number of halogens is 3. The first-order valence-corrected chi connectivity index (χ1v) is 14.6. The van der Waals surface area contributed by atoms with Gasteiger partial charge in [0.05, 0.1) is 11.8 Å². The standard InChI is InChI=1S/C24H32F3N7O3S/c1-38(36,37)29-22-6-8-34(28-22)23(35)32-11-9-30(10-12-32)16-18-4-5-20(24(25,26)27)21(15-18)33-14-13-31-7-2-3-19(31)17-33/h4-6,8,15,19H,2-3,7,9-14,16-17H2,1H3,(H,28,29)/t19-/m1/s1. The number of alkyl halides is 3. The number of piperazine rings is 2. The molecule has 3 aliphatic heterocycles. The van der Waals surface area contributed by atoms with Crippen molar-refractivity contribution in [1.82, 2.24) is 24.5 Å². The highest BCUT2D eigenvalue weighted by Gasteiger charge is 2.38. The van der Waals surface area contributed by atoms with Crippen LogP contribution in [0, 0.1) is 0 Å². The molecule has 10 nitrogen and oxygen atoms in total. The third-order valence-electron chi connectivity index (χ3n) is 7.42. The van der Waals surface area contributed by atoms with Crippen molar-refractivity contribution in [2.75, 3.05) is 68.2 Å². The second kappa shape index (κ2) is 10.4. The van der Waals surface area contributed by atoms with E-state index in [1.54, 1.807) is 17.0 Å². The number of aromatic nitrogens is 2. The van der Waals surface area contributed by atoms with Crippen molar-refractivity contribution in [2.45, 2.75) is 31.6 Å². The Balaban J connectivity index is 1.22. The molecule has 1 aromatic carbocycles. The number of anilines is 2. The monoisotopic (exact) mass is 555 g/mol. The molecular formula is C24H32F3N7O3S. The minimum atomic E-state index is -4.42. The number of benzene rings is 1. The summed E-state index contributed by atoms with van der Waals surface area (Å²) in [5, 5.41) is 3.98. The largest absolute Gasteiger partial charge is 0.418 e. The SMILES string of the molecule is CS(=O)(=O)Nc1ccn(C(=O)N2CCN(Cc3ccc(C(F)(F)F)c(N4CCN5CCC[C@@H]5C4)c3)CC2)n1. The summed E-state index contributed by atoms with van der Waals surface area (Å²) in [6, 6.07) is 5.79. The molecule has 1 N–H and O–H groups in total. The zero-order valence-electron chi connectivity index (χ0n) is 21.2. The number of hydrogen-bond donors (Lipinski definition) is 1.